The molecule has 4 heterocycles. The number of nitrogens with zero attached hydrogens (tertiary/aromatic N) is 6. The number of amides is 1. The number of para-hydroxylation sites is 1. The van der Waals surface area contributed by atoms with E-state index in [0.29, 0.717) is 52.7 Å². The van der Waals surface area contributed by atoms with Crippen LogP contribution in [0.15, 0.2) is 85.2 Å². The van der Waals surface area contributed by atoms with Crippen molar-refractivity contribution >= 4 is 50.1 Å². The molecule has 0 saturated heterocycles. The normalized spacial score (nSPS) is 12.8. The fourth-order valence-corrected chi connectivity index (χ4v) is 6.85. The average molecular weight is 706 g/mol. The molecule has 51 heavy (non-hydrogen) atoms. The number of halogens is 1. The molecular formula is C37H32FN7O5S. The maximum absolute atomic E-state index is 13.9. The zero-order chi connectivity index (χ0) is 35.9. The van der Waals surface area contributed by atoms with Crippen LogP contribution < -0.4 is 10.2 Å². The van der Waals surface area contributed by atoms with Gasteiger partial charge in [-0.25, -0.2) is 14.8 Å². The molecule has 0 fully saturated rings. The second-order valence-electron chi connectivity index (χ2n) is 13.1. The number of hydrogen-bond acceptors (Lipinski definition) is 10. The van der Waals surface area contributed by atoms with Gasteiger partial charge in [0, 0.05) is 42.0 Å². The molecular weight excluding hydrogens is 674 g/mol. The summed E-state index contributed by atoms with van der Waals surface area (Å²) in [6.07, 6.45) is 3.92. The standard InChI is InChI=1S/C37H32FN7O5S/c1-37(2,3)50-35(47)33-25(24-18-39-44(20-24)19-22-11-13-28(38)30(17-22)45(48)49)12-14-32(41-33)43-16-15-23-7-6-8-26(27(23)21-43)34(46)42-36-40-29-9-4-5-10-31(29)51-36/h4-14,17-18,20H,15-16,19,21H2,1-3H3,(H,40,42,46). The highest BCUT2D eigenvalue weighted by molar-refractivity contribution is 7.22. The van der Waals surface area contributed by atoms with E-state index in [0.717, 1.165) is 27.4 Å². The van der Waals surface area contributed by atoms with E-state index in [4.69, 9.17) is 9.72 Å². The van der Waals surface area contributed by atoms with Gasteiger partial charge in [-0.05, 0) is 80.3 Å². The molecule has 0 radical (unpaired) electrons. The Balaban J connectivity index is 1.17. The van der Waals surface area contributed by atoms with Crippen molar-refractivity contribution < 1.29 is 23.6 Å². The SMILES string of the molecule is CC(C)(C)OC(=O)c1nc(N2CCc3cccc(C(=O)Nc4nc5ccccc5s4)c3C2)ccc1-c1cnn(Cc2ccc(F)c([N+](=O)[O-])c2)c1. The minimum atomic E-state index is -0.917. The lowest BCUT2D eigenvalue weighted by Gasteiger charge is -2.31. The number of anilines is 2. The predicted molar refractivity (Wildman–Crippen MR) is 192 cm³/mol. The fourth-order valence-electron chi connectivity index (χ4n) is 5.99. The molecule has 14 heteroatoms. The van der Waals surface area contributed by atoms with Gasteiger partial charge >= 0.3 is 11.7 Å². The molecule has 12 nitrogen and oxygen atoms in total. The first-order valence-corrected chi connectivity index (χ1v) is 17.0. The van der Waals surface area contributed by atoms with Gasteiger partial charge in [0.05, 0.1) is 27.9 Å². The second kappa shape index (κ2) is 13.4. The molecule has 0 saturated carbocycles. The van der Waals surface area contributed by atoms with Crippen molar-refractivity contribution in [1.82, 2.24) is 19.7 Å². The minimum Gasteiger partial charge on any atom is -0.455 e. The van der Waals surface area contributed by atoms with Crippen LogP contribution in [0.4, 0.5) is 21.0 Å². The van der Waals surface area contributed by atoms with Crippen molar-refractivity contribution in [3.63, 3.8) is 0 Å². The summed E-state index contributed by atoms with van der Waals surface area (Å²) in [7, 11) is 0. The lowest BCUT2D eigenvalue weighted by atomic mass is 9.94. The summed E-state index contributed by atoms with van der Waals surface area (Å²) in [6.45, 7) is 6.46. The van der Waals surface area contributed by atoms with Gasteiger partial charge in [0.25, 0.3) is 5.91 Å². The van der Waals surface area contributed by atoms with Crippen LogP contribution >= 0.6 is 11.3 Å². The molecule has 1 N–H and O–H groups in total. The Morgan fingerprint density at radius 1 is 1.06 bits per heavy atom. The monoisotopic (exact) mass is 705 g/mol. The largest absolute Gasteiger partial charge is 0.455 e. The fraction of sp³-hybridized carbons (Fsp3) is 0.216. The van der Waals surface area contributed by atoms with E-state index in [9.17, 15) is 24.1 Å². The smallest absolute Gasteiger partial charge is 0.358 e. The van der Waals surface area contributed by atoms with Crippen molar-refractivity contribution in [2.24, 2.45) is 0 Å². The van der Waals surface area contributed by atoms with E-state index < -0.39 is 28.0 Å². The third kappa shape index (κ3) is 7.17. The number of fused-ring (bicyclic) bond motifs is 2. The van der Waals surface area contributed by atoms with Gasteiger partial charge in [-0.1, -0.05) is 41.7 Å². The Kier molecular flexibility index (Phi) is 8.77. The number of nitrogens with one attached hydrogen (secondary N) is 1. The summed E-state index contributed by atoms with van der Waals surface area (Å²) in [6, 6.07) is 20.7. The summed E-state index contributed by atoms with van der Waals surface area (Å²) >= 11 is 1.41. The number of nitro benzene ring substituents is 1. The van der Waals surface area contributed by atoms with Crippen molar-refractivity contribution in [1.29, 1.82) is 0 Å². The van der Waals surface area contributed by atoms with Gasteiger partial charge in [-0.3, -0.25) is 24.9 Å². The third-order valence-corrected chi connectivity index (χ3v) is 9.28. The first-order chi connectivity index (χ1) is 24.4. The number of thiazole rings is 1. The lowest BCUT2D eigenvalue weighted by Crippen LogP contribution is -2.33. The van der Waals surface area contributed by atoms with Crippen LogP contribution in [0.1, 0.15) is 58.3 Å². The number of nitro groups is 1. The molecule has 1 amide bonds. The number of esters is 1. The zero-order valence-corrected chi connectivity index (χ0v) is 28.7. The van der Waals surface area contributed by atoms with E-state index in [1.165, 1.54) is 23.5 Å². The summed E-state index contributed by atoms with van der Waals surface area (Å²) in [4.78, 5) is 49.0. The van der Waals surface area contributed by atoms with Gasteiger partial charge in [0.15, 0.2) is 10.8 Å². The molecule has 0 aliphatic carbocycles. The number of pyridine rings is 1. The highest BCUT2D eigenvalue weighted by Gasteiger charge is 2.27. The van der Waals surface area contributed by atoms with E-state index in [1.807, 2.05) is 47.4 Å². The van der Waals surface area contributed by atoms with Crippen molar-refractivity contribution in [3.8, 4) is 11.1 Å². The average Bonchev–Trinajstić information content (AvgIpc) is 3.74. The van der Waals surface area contributed by atoms with E-state index >= 15 is 0 Å². The van der Waals surface area contributed by atoms with E-state index in [1.54, 1.807) is 50.0 Å². The Bertz CT molecular complexity index is 2300. The van der Waals surface area contributed by atoms with Gasteiger partial charge in [-0.2, -0.15) is 9.49 Å². The number of carbonyl (C=O) groups excluding carboxylic acids is 2. The molecule has 0 bridgehead atoms. The first kappa shape index (κ1) is 33.5. The Labute approximate surface area is 295 Å². The Morgan fingerprint density at radius 3 is 2.67 bits per heavy atom. The Hall–Kier alpha value is -6.02. The molecule has 258 valence electrons. The van der Waals surface area contributed by atoms with Gasteiger partial charge in [0.1, 0.15) is 11.4 Å². The van der Waals surface area contributed by atoms with Crippen LogP contribution in [0, 0.1) is 15.9 Å². The summed E-state index contributed by atoms with van der Waals surface area (Å²) in [5, 5.41) is 19.1. The van der Waals surface area contributed by atoms with Gasteiger partial charge < -0.3 is 9.64 Å². The van der Waals surface area contributed by atoms with Gasteiger partial charge in [-0.15, -0.1) is 0 Å². The molecule has 0 atom stereocenters. The number of aromatic nitrogens is 4. The number of ether oxygens (including phenoxy) is 1. The molecule has 6 aromatic rings. The maximum Gasteiger partial charge on any atom is 0.358 e. The van der Waals surface area contributed by atoms with Crippen LogP contribution in [0.5, 0.6) is 0 Å². The summed E-state index contributed by atoms with van der Waals surface area (Å²) in [5.74, 6) is -1.25. The number of carbonyl (C=O) groups is 2. The highest BCUT2D eigenvalue weighted by atomic mass is 32.1. The molecule has 3 aromatic carbocycles. The van der Waals surface area contributed by atoms with Crippen LogP contribution in [-0.2, 0) is 24.2 Å². The molecule has 1 aliphatic heterocycles. The van der Waals surface area contributed by atoms with Crippen LogP contribution in [0.3, 0.4) is 0 Å². The zero-order valence-electron chi connectivity index (χ0n) is 27.9. The van der Waals surface area contributed by atoms with Crippen LogP contribution in [-0.4, -0.2) is 48.7 Å². The molecule has 3 aromatic heterocycles. The maximum atomic E-state index is 13.9. The summed E-state index contributed by atoms with van der Waals surface area (Å²) in [5.41, 5.74) is 3.52. The third-order valence-electron chi connectivity index (χ3n) is 8.32. The van der Waals surface area contributed by atoms with Gasteiger partial charge in [0.2, 0.25) is 5.82 Å². The van der Waals surface area contributed by atoms with E-state index in [-0.39, 0.29) is 18.1 Å². The highest BCUT2D eigenvalue weighted by Crippen LogP contribution is 2.32. The summed E-state index contributed by atoms with van der Waals surface area (Å²) < 4.78 is 22.2. The first-order valence-electron chi connectivity index (χ1n) is 16.1. The molecule has 7 rings (SSSR count). The van der Waals surface area contributed by atoms with Crippen molar-refractivity contribution in [2.75, 3.05) is 16.8 Å². The van der Waals surface area contributed by atoms with Crippen molar-refractivity contribution in [3.05, 3.63) is 129 Å². The Morgan fingerprint density at radius 2 is 1.88 bits per heavy atom. The van der Waals surface area contributed by atoms with Crippen LogP contribution in [0.2, 0.25) is 0 Å². The number of rotatable bonds is 8. The predicted octanol–water partition coefficient (Wildman–Crippen LogP) is 7.42. The van der Waals surface area contributed by atoms with Crippen LogP contribution in [0.25, 0.3) is 21.3 Å². The number of hydrogen-bond donors (Lipinski definition) is 1. The molecule has 0 unspecified atom stereocenters. The molecule has 0 spiro atoms. The topological polar surface area (TPSA) is 145 Å². The van der Waals surface area contributed by atoms with E-state index in [2.05, 4.69) is 15.4 Å². The van der Waals surface area contributed by atoms with Crippen molar-refractivity contribution in [2.45, 2.75) is 45.9 Å². The molecule has 1 aliphatic rings. The lowest BCUT2D eigenvalue weighted by molar-refractivity contribution is -0.387. The minimum absolute atomic E-state index is 0.0899. The number of benzene rings is 3. The quantitative estimate of drug-likeness (QED) is 0.0971. The second-order valence-corrected chi connectivity index (χ2v) is 14.1.